The monoisotopic (exact) mass is 259 g/mol. The van der Waals surface area contributed by atoms with Gasteiger partial charge in [0.15, 0.2) is 5.82 Å². The van der Waals surface area contributed by atoms with Crippen LogP contribution in [-0.2, 0) is 0 Å². The van der Waals surface area contributed by atoms with Crippen LogP contribution in [0.25, 0.3) is 0 Å². The highest BCUT2D eigenvalue weighted by atomic mass is 15.2. The number of nitrogens with one attached hydrogen (secondary N) is 1. The highest BCUT2D eigenvalue weighted by Crippen LogP contribution is 2.12. The molecule has 5 nitrogen and oxygen atoms in total. The summed E-state index contributed by atoms with van der Waals surface area (Å²) in [6.07, 6.45) is 5.56. The van der Waals surface area contributed by atoms with Gasteiger partial charge in [0.05, 0.1) is 11.8 Å². The van der Waals surface area contributed by atoms with Crippen LogP contribution >= 0.6 is 0 Å². The van der Waals surface area contributed by atoms with E-state index in [2.05, 4.69) is 33.4 Å². The molecule has 0 bridgehead atoms. The van der Waals surface area contributed by atoms with Crippen molar-refractivity contribution in [2.24, 2.45) is 5.92 Å². The predicted octanol–water partition coefficient (Wildman–Crippen LogP) is 1.88. The first-order chi connectivity index (χ1) is 9.29. The summed E-state index contributed by atoms with van der Waals surface area (Å²) >= 11 is 0. The summed E-state index contributed by atoms with van der Waals surface area (Å²) in [6, 6.07) is 3.81. The molecule has 0 saturated carbocycles. The minimum absolute atomic E-state index is 0.534. The fourth-order valence-corrected chi connectivity index (χ4v) is 2.47. The molecule has 1 aliphatic heterocycles. The third kappa shape index (κ3) is 4.18. The molecule has 1 saturated heterocycles. The molecular formula is C14H21N5. The average Bonchev–Trinajstić information content (AvgIpc) is 2.46. The lowest BCUT2D eigenvalue weighted by atomic mass is 10.1. The number of hydrogen-bond acceptors (Lipinski definition) is 5. The van der Waals surface area contributed by atoms with Crippen molar-refractivity contribution in [1.82, 2.24) is 15.1 Å². The first kappa shape index (κ1) is 13.8. The molecule has 0 spiro atoms. The fraction of sp³-hybridized carbons (Fsp3) is 0.643. The highest BCUT2D eigenvalue weighted by Gasteiger charge is 2.13. The third-order valence-corrected chi connectivity index (χ3v) is 3.48. The van der Waals surface area contributed by atoms with E-state index in [-0.39, 0.29) is 0 Å². The molecule has 102 valence electrons. The lowest BCUT2D eigenvalue weighted by Gasteiger charge is -2.29. The molecule has 1 N–H and O–H groups in total. The summed E-state index contributed by atoms with van der Waals surface area (Å²) in [5.41, 5.74) is 0.556. The Balaban J connectivity index is 1.79. The number of likely N-dealkylation sites (tertiary alicyclic amines) is 1. The second-order valence-corrected chi connectivity index (χ2v) is 5.25. The van der Waals surface area contributed by atoms with E-state index in [1.54, 1.807) is 12.3 Å². The van der Waals surface area contributed by atoms with E-state index in [0.717, 1.165) is 13.1 Å². The lowest BCUT2D eigenvalue weighted by Crippen LogP contribution is -2.35. The first-order valence-corrected chi connectivity index (χ1v) is 6.97. The molecule has 1 aromatic heterocycles. The topological polar surface area (TPSA) is 64.8 Å². The SMILES string of the molecule is CC(CNc1nnccc1C#N)CN1CCCCC1. The number of rotatable bonds is 5. The van der Waals surface area contributed by atoms with Crippen LogP contribution in [0.4, 0.5) is 5.82 Å². The Morgan fingerprint density at radius 3 is 2.95 bits per heavy atom. The van der Waals surface area contributed by atoms with Crippen molar-refractivity contribution >= 4 is 5.82 Å². The number of aromatic nitrogens is 2. The van der Waals surface area contributed by atoms with Crippen LogP contribution in [0.3, 0.4) is 0 Å². The van der Waals surface area contributed by atoms with Gasteiger partial charge in [-0.25, -0.2) is 0 Å². The Morgan fingerprint density at radius 1 is 1.42 bits per heavy atom. The van der Waals surface area contributed by atoms with E-state index in [1.807, 2.05) is 0 Å². The molecule has 2 rings (SSSR count). The summed E-state index contributed by atoms with van der Waals surface area (Å²) in [6.45, 7) is 6.60. The molecule has 0 radical (unpaired) electrons. The van der Waals surface area contributed by atoms with E-state index in [4.69, 9.17) is 5.26 Å². The van der Waals surface area contributed by atoms with Gasteiger partial charge in [0.25, 0.3) is 0 Å². The quantitative estimate of drug-likeness (QED) is 0.874. The zero-order chi connectivity index (χ0) is 13.5. The van der Waals surface area contributed by atoms with Gasteiger partial charge in [-0.15, -0.1) is 5.10 Å². The molecular weight excluding hydrogens is 238 g/mol. The Bertz CT molecular complexity index is 434. The van der Waals surface area contributed by atoms with E-state index in [0.29, 0.717) is 17.3 Å². The van der Waals surface area contributed by atoms with Gasteiger partial charge < -0.3 is 10.2 Å². The van der Waals surface area contributed by atoms with Gasteiger partial charge >= 0.3 is 0 Å². The van der Waals surface area contributed by atoms with Crippen LogP contribution in [0.5, 0.6) is 0 Å². The summed E-state index contributed by atoms with van der Waals surface area (Å²) in [5, 5.41) is 20.0. The Hall–Kier alpha value is -1.67. The maximum atomic E-state index is 8.98. The molecule has 0 aromatic carbocycles. The minimum atomic E-state index is 0.534. The van der Waals surface area contributed by atoms with Crippen molar-refractivity contribution in [3.05, 3.63) is 17.8 Å². The van der Waals surface area contributed by atoms with Gasteiger partial charge in [0, 0.05) is 13.1 Å². The van der Waals surface area contributed by atoms with Gasteiger partial charge in [-0.1, -0.05) is 13.3 Å². The Morgan fingerprint density at radius 2 is 2.21 bits per heavy atom. The Kier molecular flexibility index (Phi) is 5.10. The first-order valence-electron chi connectivity index (χ1n) is 6.97. The van der Waals surface area contributed by atoms with Gasteiger partial charge in [-0.05, 0) is 37.9 Å². The predicted molar refractivity (Wildman–Crippen MR) is 74.7 cm³/mol. The molecule has 0 amide bonds. The highest BCUT2D eigenvalue weighted by molar-refractivity contribution is 5.50. The molecule has 1 unspecified atom stereocenters. The van der Waals surface area contributed by atoms with Crippen LogP contribution in [0.2, 0.25) is 0 Å². The van der Waals surface area contributed by atoms with E-state index in [1.165, 1.54) is 32.4 Å². The number of nitriles is 1. The fourth-order valence-electron chi connectivity index (χ4n) is 2.47. The molecule has 2 heterocycles. The average molecular weight is 259 g/mol. The molecule has 19 heavy (non-hydrogen) atoms. The van der Waals surface area contributed by atoms with Crippen LogP contribution in [0.1, 0.15) is 31.7 Å². The summed E-state index contributed by atoms with van der Waals surface area (Å²) in [5.74, 6) is 1.13. The lowest BCUT2D eigenvalue weighted by molar-refractivity contribution is 0.204. The molecule has 1 aromatic rings. The van der Waals surface area contributed by atoms with Crippen LogP contribution in [-0.4, -0.2) is 41.3 Å². The molecule has 5 heteroatoms. The van der Waals surface area contributed by atoms with E-state index >= 15 is 0 Å². The van der Waals surface area contributed by atoms with Crippen molar-refractivity contribution in [2.45, 2.75) is 26.2 Å². The second kappa shape index (κ2) is 7.05. The standard InChI is InChI=1S/C14H21N5/c1-12(11-19-7-3-2-4-8-19)10-16-14-13(9-15)5-6-17-18-14/h5-6,12H,2-4,7-8,10-11H2,1H3,(H,16,18). The van der Waals surface area contributed by atoms with Crippen LogP contribution in [0.15, 0.2) is 12.3 Å². The van der Waals surface area contributed by atoms with Crippen LogP contribution < -0.4 is 5.32 Å². The van der Waals surface area contributed by atoms with Crippen molar-refractivity contribution in [3.63, 3.8) is 0 Å². The summed E-state index contributed by atoms with van der Waals surface area (Å²) in [4.78, 5) is 2.53. The molecule has 0 aliphatic carbocycles. The molecule has 1 fully saturated rings. The number of nitrogens with zero attached hydrogens (tertiary/aromatic N) is 4. The number of hydrogen-bond donors (Lipinski definition) is 1. The zero-order valence-corrected chi connectivity index (χ0v) is 11.5. The van der Waals surface area contributed by atoms with Crippen LogP contribution in [0, 0.1) is 17.2 Å². The maximum Gasteiger partial charge on any atom is 0.166 e. The van der Waals surface area contributed by atoms with Crippen molar-refractivity contribution in [3.8, 4) is 6.07 Å². The van der Waals surface area contributed by atoms with Gasteiger partial charge in [0.1, 0.15) is 6.07 Å². The van der Waals surface area contributed by atoms with Gasteiger partial charge in [-0.3, -0.25) is 0 Å². The van der Waals surface area contributed by atoms with Crippen molar-refractivity contribution < 1.29 is 0 Å². The van der Waals surface area contributed by atoms with Gasteiger partial charge in [0.2, 0.25) is 0 Å². The normalized spacial score (nSPS) is 17.7. The third-order valence-electron chi connectivity index (χ3n) is 3.48. The second-order valence-electron chi connectivity index (χ2n) is 5.25. The molecule has 1 aliphatic rings. The largest absolute Gasteiger partial charge is 0.367 e. The maximum absolute atomic E-state index is 8.98. The number of piperidine rings is 1. The summed E-state index contributed by atoms with van der Waals surface area (Å²) < 4.78 is 0. The van der Waals surface area contributed by atoms with E-state index < -0.39 is 0 Å². The van der Waals surface area contributed by atoms with Crippen molar-refractivity contribution in [2.75, 3.05) is 31.5 Å². The Labute approximate surface area is 114 Å². The van der Waals surface area contributed by atoms with Gasteiger partial charge in [-0.2, -0.15) is 10.4 Å². The zero-order valence-electron chi connectivity index (χ0n) is 11.5. The summed E-state index contributed by atoms with van der Waals surface area (Å²) in [7, 11) is 0. The minimum Gasteiger partial charge on any atom is -0.367 e. The van der Waals surface area contributed by atoms with Crippen molar-refractivity contribution in [1.29, 1.82) is 5.26 Å². The number of anilines is 1. The van der Waals surface area contributed by atoms with E-state index in [9.17, 15) is 0 Å². The molecule has 1 atom stereocenters. The smallest absolute Gasteiger partial charge is 0.166 e.